The van der Waals surface area contributed by atoms with Gasteiger partial charge in [-0.1, -0.05) is 13.8 Å². The molecule has 17 heavy (non-hydrogen) atoms. The molecule has 0 saturated carbocycles. The zero-order valence-corrected chi connectivity index (χ0v) is 10.3. The number of anilines is 1. The number of halogens is 1. The average Bonchev–Trinajstić information content (AvgIpc) is 2.27. The predicted molar refractivity (Wildman–Crippen MR) is 65.1 cm³/mol. The van der Waals surface area contributed by atoms with Crippen LogP contribution in [0.5, 0.6) is 0 Å². The number of nitrogens with zero attached hydrogens (tertiary/aromatic N) is 1. The highest BCUT2D eigenvalue weighted by molar-refractivity contribution is 5.49. The first kappa shape index (κ1) is 13.5. The number of nitriles is 1. The zero-order valence-electron chi connectivity index (χ0n) is 10.3. The van der Waals surface area contributed by atoms with Crippen molar-refractivity contribution in [3.63, 3.8) is 0 Å². The second-order valence-electron chi connectivity index (χ2n) is 4.67. The third-order valence-corrected chi connectivity index (χ3v) is 2.98. The van der Waals surface area contributed by atoms with E-state index in [0.29, 0.717) is 5.69 Å². The summed E-state index contributed by atoms with van der Waals surface area (Å²) >= 11 is 0. The van der Waals surface area contributed by atoms with Crippen molar-refractivity contribution in [2.24, 2.45) is 5.92 Å². The van der Waals surface area contributed by atoms with Gasteiger partial charge in [0.25, 0.3) is 0 Å². The molecule has 0 bridgehead atoms. The highest BCUT2D eigenvalue weighted by Gasteiger charge is 2.24. The molecule has 0 saturated heterocycles. The first-order valence-electron chi connectivity index (χ1n) is 5.52. The lowest BCUT2D eigenvalue weighted by Crippen LogP contribution is -2.38. The molecule has 1 atom stereocenters. The van der Waals surface area contributed by atoms with E-state index in [1.54, 1.807) is 6.92 Å². The molecule has 0 radical (unpaired) electrons. The van der Waals surface area contributed by atoms with E-state index in [0.717, 1.165) is 0 Å². The minimum Gasteiger partial charge on any atom is -0.388 e. The van der Waals surface area contributed by atoms with Crippen LogP contribution < -0.4 is 5.32 Å². The molecule has 1 rings (SSSR count). The minimum atomic E-state index is -0.902. The zero-order chi connectivity index (χ0) is 13.1. The first-order chi connectivity index (χ1) is 7.86. The van der Waals surface area contributed by atoms with Gasteiger partial charge in [-0.3, -0.25) is 0 Å². The Morgan fingerprint density at radius 3 is 2.65 bits per heavy atom. The number of aliphatic hydroxyl groups is 1. The summed E-state index contributed by atoms with van der Waals surface area (Å²) in [5.41, 5.74) is -0.325. The molecule has 0 spiro atoms. The van der Waals surface area contributed by atoms with Crippen LogP contribution in [0.2, 0.25) is 0 Å². The normalized spacial score (nSPS) is 14.2. The molecule has 0 aliphatic heterocycles. The summed E-state index contributed by atoms with van der Waals surface area (Å²) in [7, 11) is 0. The second-order valence-corrected chi connectivity index (χ2v) is 4.67. The SMILES string of the molecule is CC(C)C(C)(O)CNc1ccc(C#N)cc1F. The van der Waals surface area contributed by atoms with E-state index in [-0.39, 0.29) is 18.0 Å². The Bertz CT molecular complexity index is 436. The maximum absolute atomic E-state index is 13.5. The fourth-order valence-corrected chi connectivity index (χ4v) is 1.21. The van der Waals surface area contributed by atoms with Gasteiger partial charge in [-0.2, -0.15) is 5.26 Å². The predicted octanol–water partition coefficient (Wildman–Crippen LogP) is 2.52. The largest absolute Gasteiger partial charge is 0.388 e. The molecule has 0 amide bonds. The number of hydrogen-bond donors (Lipinski definition) is 2. The molecule has 92 valence electrons. The Morgan fingerprint density at radius 1 is 1.53 bits per heavy atom. The minimum absolute atomic E-state index is 0.0662. The van der Waals surface area contributed by atoms with Gasteiger partial charge in [0.1, 0.15) is 5.82 Å². The van der Waals surface area contributed by atoms with Gasteiger partial charge in [-0.25, -0.2) is 4.39 Å². The van der Waals surface area contributed by atoms with E-state index >= 15 is 0 Å². The number of rotatable bonds is 4. The van der Waals surface area contributed by atoms with E-state index < -0.39 is 11.4 Å². The van der Waals surface area contributed by atoms with Crippen molar-refractivity contribution in [3.05, 3.63) is 29.6 Å². The van der Waals surface area contributed by atoms with Gasteiger partial charge >= 0.3 is 0 Å². The Kier molecular flexibility index (Phi) is 4.08. The van der Waals surface area contributed by atoms with Crippen LogP contribution in [0.15, 0.2) is 18.2 Å². The van der Waals surface area contributed by atoms with Crippen molar-refractivity contribution < 1.29 is 9.50 Å². The summed E-state index contributed by atoms with van der Waals surface area (Å²) < 4.78 is 13.5. The van der Waals surface area contributed by atoms with E-state index in [9.17, 15) is 9.50 Å². The Labute approximate surface area is 101 Å². The van der Waals surface area contributed by atoms with Crippen LogP contribution in [-0.2, 0) is 0 Å². The van der Waals surface area contributed by atoms with Gasteiger partial charge in [0.05, 0.1) is 22.9 Å². The molecule has 0 heterocycles. The van der Waals surface area contributed by atoms with Crippen LogP contribution in [0.3, 0.4) is 0 Å². The molecular weight excluding hydrogens is 219 g/mol. The molecule has 0 aromatic heterocycles. The van der Waals surface area contributed by atoms with Gasteiger partial charge in [0.2, 0.25) is 0 Å². The molecule has 1 aromatic rings. The van der Waals surface area contributed by atoms with Crippen LogP contribution in [0.1, 0.15) is 26.3 Å². The molecule has 1 aromatic carbocycles. The van der Waals surface area contributed by atoms with Crippen LogP contribution in [0.25, 0.3) is 0 Å². The lowest BCUT2D eigenvalue weighted by Gasteiger charge is -2.28. The van der Waals surface area contributed by atoms with Crippen LogP contribution in [0, 0.1) is 23.1 Å². The third kappa shape index (κ3) is 3.43. The summed E-state index contributed by atoms with van der Waals surface area (Å²) in [5.74, 6) is -0.417. The molecule has 0 fully saturated rings. The van der Waals surface area contributed by atoms with Crippen molar-refractivity contribution in [2.75, 3.05) is 11.9 Å². The van der Waals surface area contributed by atoms with E-state index in [1.807, 2.05) is 19.9 Å². The quantitative estimate of drug-likeness (QED) is 0.844. The lowest BCUT2D eigenvalue weighted by molar-refractivity contribution is 0.0266. The van der Waals surface area contributed by atoms with E-state index in [2.05, 4.69) is 5.32 Å². The number of benzene rings is 1. The standard InChI is InChI=1S/C13H17FN2O/c1-9(2)13(3,17)8-16-12-5-4-10(7-15)6-11(12)14/h4-6,9,16-17H,8H2,1-3H3. The monoisotopic (exact) mass is 236 g/mol. The summed E-state index contributed by atoms with van der Waals surface area (Å²) in [6.07, 6.45) is 0. The molecule has 3 nitrogen and oxygen atoms in total. The van der Waals surface area contributed by atoms with Crippen LogP contribution in [-0.4, -0.2) is 17.3 Å². The average molecular weight is 236 g/mol. The van der Waals surface area contributed by atoms with Crippen molar-refractivity contribution in [1.29, 1.82) is 5.26 Å². The topological polar surface area (TPSA) is 56.0 Å². The molecule has 0 aliphatic carbocycles. The first-order valence-corrected chi connectivity index (χ1v) is 5.52. The lowest BCUT2D eigenvalue weighted by atomic mass is 9.92. The van der Waals surface area contributed by atoms with Crippen molar-refractivity contribution in [2.45, 2.75) is 26.4 Å². The summed E-state index contributed by atoms with van der Waals surface area (Å²) in [4.78, 5) is 0. The van der Waals surface area contributed by atoms with Crippen molar-refractivity contribution in [1.82, 2.24) is 0 Å². The van der Waals surface area contributed by atoms with E-state index in [1.165, 1.54) is 18.2 Å². The number of nitrogens with one attached hydrogen (secondary N) is 1. The fourth-order valence-electron chi connectivity index (χ4n) is 1.21. The van der Waals surface area contributed by atoms with Gasteiger partial charge in [-0.05, 0) is 31.0 Å². The summed E-state index contributed by atoms with van der Waals surface area (Å²) in [6, 6.07) is 6.08. The van der Waals surface area contributed by atoms with Gasteiger partial charge in [0.15, 0.2) is 0 Å². The Morgan fingerprint density at radius 2 is 2.18 bits per heavy atom. The molecular formula is C13H17FN2O. The Balaban J connectivity index is 2.74. The number of hydrogen-bond acceptors (Lipinski definition) is 3. The Hall–Kier alpha value is -1.60. The van der Waals surface area contributed by atoms with Gasteiger partial charge < -0.3 is 10.4 Å². The molecule has 2 N–H and O–H groups in total. The molecule has 4 heteroatoms. The van der Waals surface area contributed by atoms with Crippen LogP contribution >= 0.6 is 0 Å². The summed E-state index contributed by atoms with van der Waals surface area (Å²) in [5, 5.41) is 21.5. The smallest absolute Gasteiger partial charge is 0.147 e. The van der Waals surface area contributed by atoms with Crippen molar-refractivity contribution in [3.8, 4) is 6.07 Å². The maximum Gasteiger partial charge on any atom is 0.147 e. The highest BCUT2D eigenvalue weighted by Crippen LogP contribution is 2.20. The van der Waals surface area contributed by atoms with E-state index in [4.69, 9.17) is 5.26 Å². The van der Waals surface area contributed by atoms with Gasteiger partial charge in [-0.15, -0.1) is 0 Å². The van der Waals surface area contributed by atoms with Gasteiger partial charge in [0, 0.05) is 6.54 Å². The second kappa shape index (κ2) is 5.15. The molecule has 0 aliphatic rings. The summed E-state index contributed by atoms with van der Waals surface area (Å²) in [6.45, 7) is 5.76. The third-order valence-electron chi connectivity index (χ3n) is 2.98. The maximum atomic E-state index is 13.5. The highest BCUT2D eigenvalue weighted by atomic mass is 19.1. The van der Waals surface area contributed by atoms with Crippen LogP contribution in [0.4, 0.5) is 10.1 Å². The molecule has 1 unspecified atom stereocenters. The van der Waals surface area contributed by atoms with Crippen molar-refractivity contribution >= 4 is 5.69 Å². The fraction of sp³-hybridized carbons (Fsp3) is 0.462.